The van der Waals surface area contributed by atoms with Gasteiger partial charge in [-0.2, -0.15) is 0 Å². The fourth-order valence-electron chi connectivity index (χ4n) is 1.23. The summed E-state index contributed by atoms with van der Waals surface area (Å²) in [6.45, 7) is 0.506. The maximum Gasteiger partial charge on any atom is 0.125 e. The number of hydrogen-bond acceptors (Lipinski definition) is 2. The minimum absolute atomic E-state index is 0.0743. The van der Waals surface area contributed by atoms with E-state index in [1.54, 1.807) is 12.1 Å². The lowest BCUT2D eigenvalue weighted by molar-refractivity contribution is 0.333. The summed E-state index contributed by atoms with van der Waals surface area (Å²) in [5.41, 5.74) is 6.67. The smallest absolute Gasteiger partial charge is 0.125 e. The van der Waals surface area contributed by atoms with E-state index in [0.29, 0.717) is 16.7 Å². The zero-order valence-electron chi connectivity index (χ0n) is 6.18. The summed E-state index contributed by atoms with van der Waals surface area (Å²) in [4.78, 5) is 0. The molecule has 0 amide bonds. The zero-order valence-corrected chi connectivity index (χ0v) is 7.69. The van der Waals surface area contributed by atoms with Crippen LogP contribution in [-0.4, -0.2) is 6.61 Å². The van der Waals surface area contributed by atoms with Crippen LogP contribution in [0.15, 0.2) is 12.1 Å². The van der Waals surface area contributed by atoms with Crippen LogP contribution in [0.4, 0.5) is 0 Å². The van der Waals surface area contributed by atoms with Crippen molar-refractivity contribution in [3.63, 3.8) is 0 Å². The fourth-order valence-corrected chi connectivity index (χ4v) is 1.55. The van der Waals surface area contributed by atoms with Crippen molar-refractivity contribution in [1.29, 1.82) is 0 Å². The number of fused-ring (bicyclic) bond motifs is 1. The molecule has 0 unspecified atom stereocenters. The fraction of sp³-hybridized carbons (Fsp3) is 0.250. The van der Waals surface area contributed by atoms with Crippen molar-refractivity contribution in [2.24, 2.45) is 5.73 Å². The summed E-state index contributed by atoms with van der Waals surface area (Å²) in [7, 11) is 0. The maximum absolute atomic E-state index is 5.81. The Balaban J connectivity index is 2.56. The normalized spacial score (nSPS) is 20.4. The van der Waals surface area contributed by atoms with Gasteiger partial charge >= 0.3 is 0 Å². The second-order valence-electron chi connectivity index (χ2n) is 2.72. The topological polar surface area (TPSA) is 35.2 Å². The van der Waals surface area contributed by atoms with Crippen LogP contribution in [0.25, 0.3) is 0 Å². The van der Waals surface area contributed by atoms with Crippen molar-refractivity contribution >= 4 is 23.2 Å². The SMILES string of the molecule is N[C@H]1COc2cc(Cl)c(Cl)cc21. The van der Waals surface area contributed by atoms with Crippen LogP contribution >= 0.6 is 23.2 Å². The second-order valence-corrected chi connectivity index (χ2v) is 3.54. The van der Waals surface area contributed by atoms with E-state index in [2.05, 4.69) is 0 Å². The number of hydrogen-bond donors (Lipinski definition) is 1. The van der Waals surface area contributed by atoms with Crippen molar-refractivity contribution in [1.82, 2.24) is 0 Å². The summed E-state index contributed by atoms with van der Waals surface area (Å²) in [6.07, 6.45) is 0. The van der Waals surface area contributed by atoms with Gasteiger partial charge in [-0.1, -0.05) is 23.2 Å². The Kier molecular flexibility index (Phi) is 1.91. The van der Waals surface area contributed by atoms with Crippen molar-refractivity contribution in [2.45, 2.75) is 6.04 Å². The highest BCUT2D eigenvalue weighted by atomic mass is 35.5. The average Bonchev–Trinajstić information content (AvgIpc) is 2.35. The molecule has 0 aliphatic carbocycles. The predicted octanol–water partition coefficient (Wildman–Crippen LogP) is 2.39. The van der Waals surface area contributed by atoms with E-state index in [4.69, 9.17) is 33.7 Å². The Labute approximate surface area is 80.2 Å². The molecule has 0 radical (unpaired) electrons. The average molecular weight is 204 g/mol. The Morgan fingerprint density at radius 3 is 2.75 bits per heavy atom. The molecule has 12 heavy (non-hydrogen) atoms. The van der Waals surface area contributed by atoms with E-state index in [-0.39, 0.29) is 6.04 Å². The molecule has 1 heterocycles. The van der Waals surface area contributed by atoms with Gasteiger partial charge in [0.2, 0.25) is 0 Å². The highest BCUT2D eigenvalue weighted by Gasteiger charge is 2.21. The molecular formula is C8H7Cl2NO. The molecule has 2 rings (SSSR count). The van der Waals surface area contributed by atoms with Crippen LogP contribution in [0.5, 0.6) is 5.75 Å². The van der Waals surface area contributed by atoms with Gasteiger partial charge in [-0.15, -0.1) is 0 Å². The van der Waals surface area contributed by atoms with E-state index in [0.717, 1.165) is 11.3 Å². The lowest BCUT2D eigenvalue weighted by atomic mass is 10.1. The van der Waals surface area contributed by atoms with Crippen molar-refractivity contribution < 1.29 is 4.74 Å². The molecule has 0 bridgehead atoms. The first-order valence-corrected chi connectivity index (χ1v) is 4.31. The Hall–Kier alpha value is -0.440. The maximum atomic E-state index is 5.81. The molecule has 0 saturated heterocycles. The van der Waals surface area contributed by atoms with Crippen LogP contribution in [0.1, 0.15) is 11.6 Å². The lowest BCUT2D eigenvalue weighted by Crippen LogP contribution is -2.10. The standard InChI is InChI=1S/C8H7Cl2NO/c9-5-1-4-7(11)3-12-8(4)2-6(5)10/h1-2,7H,3,11H2/t7-/m0/s1. The molecule has 0 fully saturated rings. The van der Waals surface area contributed by atoms with Crippen LogP contribution < -0.4 is 10.5 Å². The molecule has 0 aromatic heterocycles. The van der Waals surface area contributed by atoms with Gasteiger partial charge in [0, 0.05) is 11.6 Å². The monoisotopic (exact) mass is 203 g/mol. The highest BCUT2D eigenvalue weighted by molar-refractivity contribution is 6.42. The first kappa shape index (κ1) is 8.17. The molecule has 1 aromatic rings. The minimum Gasteiger partial charge on any atom is -0.491 e. The van der Waals surface area contributed by atoms with Gasteiger partial charge in [0.05, 0.1) is 16.1 Å². The third-order valence-electron chi connectivity index (χ3n) is 1.87. The number of rotatable bonds is 0. The van der Waals surface area contributed by atoms with Crippen LogP contribution in [0, 0.1) is 0 Å². The molecular weight excluding hydrogens is 197 g/mol. The quantitative estimate of drug-likeness (QED) is 0.704. The molecule has 4 heteroatoms. The largest absolute Gasteiger partial charge is 0.491 e. The van der Waals surface area contributed by atoms with Crippen LogP contribution in [-0.2, 0) is 0 Å². The van der Waals surface area contributed by atoms with Crippen LogP contribution in [0.2, 0.25) is 10.0 Å². The molecule has 2 nitrogen and oxygen atoms in total. The molecule has 1 aromatic carbocycles. The Morgan fingerprint density at radius 1 is 1.33 bits per heavy atom. The van der Waals surface area contributed by atoms with E-state index in [1.807, 2.05) is 0 Å². The van der Waals surface area contributed by atoms with Crippen molar-refractivity contribution in [3.05, 3.63) is 27.7 Å². The summed E-state index contributed by atoms with van der Waals surface area (Å²) in [6, 6.07) is 3.39. The zero-order chi connectivity index (χ0) is 8.72. The molecule has 0 spiro atoms. The Bertz CT molecular complexity index is 327. The van der Waals surface area contributed by atoms with Gasteiger partial charge in [-0.25, -0.2) is 0 Å². The molecule has 64 valence electrons. The predicted molar refractivity (Wildman–Crippen MR) is 48.9 cm³/mol. The molecule has 1 aliphatic heterocycles. The molecule has 2 N–H and O–H groups in total. The van der Waals surface area contributed by atoms with E-state index in [1.165, 1.54) is 0 Å². The van der Waals surface area contributed by atoms with Crippen molar-refractivity contribution in [3.8, 4) is 5.75 Å². The van der Waals surface area contributed by atoms with E-state index in [9.17, 15) is 0 Å². The summed E-state index contributed by atoms with van der Waals surface area (Å²) < 4.78 is 5.28. The molecule has 1 atom stereocenters. The van der Waals surface area contributed by atoms with Gasteiger partial charge < -0.3 is 10.5 Å². The summed E-state index contributed by atoms with van der Waals surface area (Å²) in [5.74, 6) is 0.747. The third kappa shape index (κ3) is 1.16. The number of benzene rings is 1. The first-order valence-electron chi connectivity index (χ1n) is 3.56. The van der Waals surface area contributed by atoms with Crippen LogP contribution in [0.3, 0.4) is 0 Å². The summed E-state index contributed by atoms with van der Waals surface area (Å²) >= 11 is 11.6. The highest BCUT2D eigenvalue weighted by Crippen LogP contribution is 2.37. The van der Waals surface area contributed by atoms with Crippen molar-refractivity contribution in [2.75, 3.05) is 6.61 Å². The van der Waals surface area contributed by atoms with Gasteiger partial charge in [-0.3, -0.25) is 0 Å². The lowest BCUT2D eigenvalue weighted by Gasteiger charge is -2.02. The molecule has 1 aliphatic rings. The molecule has 0 saturated carbocycles. The van der Waals surface area contributed by atoms with Gasteiger partial charge in [0.1, 0.15) is 12.4 Å². The second kappa shape index (κ2) is 2.80. The van der Waals surface area contributed by atoms with Gasteiger partial charge in [0.15, 0.2) is 0 Å². The minimum atomic E-state index is -0.0743. The van der Waals surface area contributed by atoms with E-state index < -0.39 is 0 Å². The van der Waals surface area contributed by atoms with E-state index >= 15 is 0 Å². The number of halogens is 2. The Morgan fingerprint density at radius 2 is 2.00 bits per heavy atom. The number of nitrogens with two attached hydrogens (primary N) is 1. The first-order chi connectivity index (χ1) is 5.68. The van der Waals surface area contributed by atoms with Gasteiger partial charge in [0.25, 0.3) is 0 Å². The summed E-state index contributed by atoms with van der Waals surface area (Å²) in [5, 5.41) is 1.03. The van der Waals surface area contributed by atoms with Gasteiger partial charge in [-0.05, 0) is 6.07 Å². The number of ether oxygens (including phenoxy) is 1. The third-order valence-corrected chi connectivity index (χ3v) is 2.59.